The first-order valence-corrected chi connectivity index (χ1v) is 12.5. The molecule has 0 spiro atoms. The Hall–Kier alpha value is -0.170. The summed E-state index contributed by atoms with van der Waals surface area (Å²) in [5, 5.41) is 0. The van der Waals surface area contributed by atoms with Crippen LogP contribution < -0.4 is 0 Å². The van der Waals surface area contributed by atoms with Gasteiger partial charge >= 0.3 is 10.4 Å². The normalized spacial score (nSPS) is 18.1. The summed E-state index contributed by atoms with van der Waals surface area (Å²) in [4.78, 5) is 2.70. The molecule has 1 aliphatic rings. The standard InChI is InChI=1S/C20H41N.CH4O4S/c1-3-4-5-6-7-8-9-10-11-12-13-14-17-21-18-15-16-20(2)19-21;1-5-6(2,3)4/h20H,3-19H2,1-2H3;1H3,(H,2,3,4). The van der Waals surface area contributed by atoms with Crippen LogP contribution in [0.15, 0.2) is 0 Å². The van der Waals surface area contributed by atoms with E-state index in [1.165, 1.54) is 110 Å². The summed E-state index contributed by atoms with van der Waals surface area (Å²) in [6.07, 6.45) is 20.4. The third-order valence-electron chi connectivity index (χ3n) is 5.28. The van der Waals surface area contributed by atoms with Crippen molar-refractivity contribution in [1.29, 1.82) is 0 Å². The first-order valence-electron chi connectivity index (χ1n) is 11.1. The van der Waals surface area contributed by atoms with E-state index in [0.29, 0.717) is 0 Å². The fourth-order valence-corrected chi connectivity index (χ4v) is 3.67. The van der Waals surface area contributed by atoms with Crippen LogP contribution in [0.1, 0.15) is 104 Å². The smallest absolute Gasteiger partial charge is 0.303 e. The van der Waals surface area contributed by atoms with Crippen molar-refractivity contribution in [2.45, 2.75) is 104 Å². The van der Waals surface area contributed by atoms with Gasteiger partial charge in [0.2, 0.25) is 0 Å². The second-order valence-electron chi connectivity index (χ2n) is 8.03. The van der Waals surface area contributed by atoms with Crippen LogP contribution in [0.3, 0.4) is 0 Å². The van der Waals surface area contributed by atoms with Crippen molar-refractivity contribution in [1.82, 2.24) is 4.90 Å². The van der Waals surface area contributed by atoms with E-state index in [1.54, 1.807) is 0 Å². The van der Waals surface area contributed by atoms with E-state index >= 15 is 0 Å². The van der Waals surface area contributed by atoms with Crippen LogP contribution in [0.5, 0.6) is 0 Å². The highest BCUT2D eigenvalue weighted by atomic mass is 32.3. The quantitative estimate of drug-likeness (QED) is 0.289. The number of nitrogens with zero attached hydrogens (tertiary/aromatic N) is 1. The summed E-state index contributed by atoms with van der Waals surface area (Å²) in [6.45, 7) is 8.79. The van der Waals surface area contributed by atoms with E-state index in [0.717, 1.165) is 13.0 Å². The third kappa shape index (κ3) is 20.4. The van der Waals surface area contributed by atoms with Crippen molar-refractivity contribution in [3.63, 3.8) is 0 Å². The fourth-order valence-electron chi connectivity index (χ4n) is 3.67. The largest absolute Gasteiger partial charge is 0.397 e. The summed E-state index contributed by atoms with van der Waals surface area (Å²) < 4.78 is 29.7. The predicted octanol–water partition coefficient (Wildman–Crippen LogP) is 5.86. The van der Waals surface area contributed by atoms with Gasteiger partial charge < -0.3 is 4.90 Å². The molecular weight excluding hydrogens is 362 g/mol. The Kier molecular flexibility index (Phi) is 17.8. The molecule has 0 saturated carbocycles. The van der Waals surface area contributed by atoms with Crippen LogP contribution in [-0.4, -0.2) is 44.6 Å². The van der Waals surface area contributed by atoms with E-state index in [4.69, 9.17) is 4.55 Å². The van der Waals surface area contributed by atoms with Crippen molar-refractivity contribution >= 4 is 10.4 Å². The lowest BCUT2D eigenvalue weighted by Gasteiger charge is -2.30. The molecule has 1 atom stereocenters. The third-order valence-corrected chi connectivity index (χ3v) is 5.70. The molecule has 0 aliphatic carbocycles. The zero-order valence-electron chi connectivity index (χ0n) is 18.1. The van der Waals surface area contributed by atoms with Gasteiger partial charge in [-0.15, -0.1) is 0 Å². The minimum Gasteiger partial charge on any atom is -0.303 e. The maximum Gasteiger partial charge on any atom is 0.397 e. The molecule has 0 aromatic heterocycles. The number of unbranched alkanes of at least 4 members (excludes halogenated alkanes) is 11. The molecule has 5 nitrogen and oxygen atoms in total. The summed E-state index contributed by atoms with van der Waals surface area (Å²) in [6, 6.07) is 0. The van der Waals surface area contributed by atoms with Crippen molar-refractivity contribution in [2.75, 3.05) is 26.7 Å². The van der Waals surface area contributed by atoms with E-state index in [1.807, 2.05) is 0 Å². The highest BCUT2D eigenvalue weighted by Crippen LogP contribution is 2.16. The van der Waals surface area contributed by atoms with Crippen LogP contribution in [0, 0.1) is 5.92 Å². The molecule has 0 aromatic carbocycles. The molecule has 1 fully saturated rings. The van der Waals surface area contributed by atoms with Gasteiger partial charge in [-0.25, -0.2) is 0 Å². The maximum atomic E-state index is 9.33. The molecular formula is C21H45NO4S. The molecule has 1 aliphatic heterocycles. The second-order valence-corrected chi connectivity index (χ2v) is 9.22. The molecule has 1 saturated heterocycles. The Balaban J connectivity index is 0.000000972. The topological polar surface area (TPSA) is 66.8 Å². The first-order chi connectivity index (χ1) is 12.9. The van der Waals surface area contributed by atoms with Gasteiger partial charge in [-0.05, 0) is 38.3 Å². The Bertz CT molecular complexity index is 414. The van der Waals surface area contributed by atoms with E-state index in [2.05, 4.69) is 22.9 Å². The molecule has 0 radical (unpaired) electrons. The van der Waals surface area contributed by atoms with E-state index in [9.17, 15) is 8.42 Å². The van der Waals surface area contributed by atoms with Crippen LogP contribution >= 0.6 is 0 Å². The summed E-state index contributed by atoms with van der Waals surface area (Å²) in [5.74, 6) is 0.941. The average Bonchev–Trinajstić information content (AvgIpc) is 2.63. The SMILES string of the molecule is CCCCCCCCCCCCCCN1CCCC(C)C1.COS(=O)(=O)O. The van der Waals surface area contributed by atoms with Crippen LogP contribution in [0.25, 0.3) is 0 Å². The molecule has 27 heavy (non-hydrogen) atoms. The van der Waals surface area contributed by atoms with Gasteiger partial charge in [-0.2, -0.15) is 8.42 Å². The zero-order chi connectivity index (χ0) is 20.4. The van der Waals surface area contributed by atoms with Gasteiger partial charge in [0.05, 0.1) is 7.11 Å². The van der Waals surface area contributed by atoms with Crippen molar-refractivity contribution < 1.29 is 17.2 Å². The molecule has 0 amide bonds. The Morgan fingerprint density at radius 3 is 1.78 bits per heavy atom. The van der Waals surface area contributed by atoms with Crippen LogP contribution in [0.2, 0.25) is 0 Å². The van der Waals surface area contributed by atoms with Crippen molar-refractivity contribution in [2.24, 2.45) is 5.92 Å². The maximum absolute atomic E-state index is 9.33. The summed E-state index contributed by atoms with van der Waals surface area (Å²) in [5.41, 5.74) is 0. The number of piperidine rings is 1. The Labute approximate surface area is 169 Å². The number of hydrogen-bond donors (Lipinski definition) is 1. The monoisotopic (exact) mass is 407 g/mol. The summed E-state index contributed by atoms with van der Waals surface area (Å²) in [7, 11) is -3.29. The molecule has 0 aromatic rings. The van der Waals surface area contributed by atoms with E-state index in [-0.39, 0.29) is 0 Å². The predicted molar refractivity (Wildman–Crippen MR) is 114 cm³/mol. The summed E-state index contributed by atoms with van der Waals surface area (Å²) >= 11 is 0. The fraction of sp³-hybridized carbons (Fsp3) is 1.00. The Morgan fingerprint density at radius 1 is 0.926 bits per heavy atom. The van der Waals surface area contributed by atoms with Gasteiger partial charge in [0, 0.05) is 6.54 Å². The molecule has 6 heteroatoms. The van der Waals surface area contributed by atoms with Gasteiger partial charge in [-0.1, -0.05) is 84.5 Å². The number of rotatable bonds is 14. The highest BCUT2D eigenvalue weighted by Gasteiger charge is 2.15. The second kappa shape index (κ2) is 17.9. The van der Waals surface area contributed by atoms with Gasteiger partial charge in [0.25, 0.3) is 0 Å². The van der Waals surface area contributed by atoms with Gasteiger partial charge in [-0.3, -0.25) is 8.74 Å². The van der Waals surface area contributed by atoms with Crippen molar-refractivity contribution in [3.8, 4) is 0 Å². The first kappa shape index (κ1) is 26.8. The lowest BCUT2D eigenvalue weighted by Crippen LogP contribution is -2.34. The molecule has 164 valence electrons. The highest BCUT2D eigenvalue weighted by molar-refractivity contribution is 7.80. The minimum absolute atomic E-state index is 0.870. The van der Waals surface area contributed by atoms with Crippen LogP contribution in [0.4, 0.5) is 0 Å². The minimum atomic E-state index is -4.16. The van der Waals surface area contributed by atoms with Gasteiger partial charge in [0.15, 0.2) is 0 Å². The average molecular weight is 408 g/mol. The lowest BCUT2D eigenvalue weighted by molar-refractivity contribution is 0.180. The van der Waals surface area contributed by atoms with Crippen LogP contribution in [-0.2, 0) is 14.6 Å². The molecule has 1 heterocycles. The molecule has 1 rings (SSSR count). The van der Waals surface area contributed by atoms with Gasteiger partial charge in [0.1, 0.15) is 0 Å². The molecule has 1 unspecified atom stereocenters. The van der Waals surface area contributed by atoms with Crippen molar-refractivity contribution in [3.05, 3.63) is 0 Å². The number of likely N-dealkylation sites (tertiary alicyclic amines) is 1. The van der Waals surface area contributed by atoms with E-state index < -0.39 is 10.4 Å². The molecule has 0 bridgehead atoms. The molecule has 1 N–H and O–H groups in total. The lowest BCUT2D eigenvalue weighted by atomic mass is 10.00. The number of hydrogen-bond acceptors (Lipinski definition) is 4. The zero-order valence-corrected chi connectivity index (χ0v) is 18.9. The Morgan fingerprint density at radius 2 is 1.37 bits per heavy atom.